The van der Waals surface area contributed by atoms with E-state index in [0.29, 0.717) is 29.8 Å². The highest BCUT2D eigenvalue weighted by atomic mass is 16.4. The van der Waals surface area contributed by atoms with Crippen LogP contribution in [0.3, 0.4) is 0 Å². The molecule has 1 aromatic rings. The molecular formula is C11H19N3O2. The number of nitrogens with one attached hydrogen (secondary N) is 2. The monoisotopic (exact) mass is 225 g/mol. The summed E-state index contributed by atoms with van der Waals surface area (Å²) < 4.78 is 5.23. The van der Waals surface area contributed by atoms with Crippen LogP contribution in [0.15, 0.2) is 4.42 Å². The number of amides is 1. The maximum Gasteiger partial charge on any atom is 0.289 e. The van der Waals surface area contributed by atoms with Gasteiger partial charge in [0.2, 0.25) is 5.76 Å². The van der Waals surface area contributed by atoms with E-state index in [4.69, 9.17) is 4.42 Å². The van der Waals surface area contributed by atoms with Gasteiger partial charge in [-0.1, -0.05) is 6.92 Å². The van der Waals surface area contributed by atoms with Crippen LogP contribution in [0.2, 0.25) is 0 Å². The van der Waals surface area contributed by atoms with E-state index >= 15 is 0 Å². The molecule has 1 atom stereocenters. The fourth-order valence-electron chi connectivity index (χ4n) is 1.51. The molecule has 0 radical (unpaired) electrons. The van der Waals surface area contributed by atoms with E-state index in [9.17, 15) is 4.79 Å². The molecule has 2 N–H and O–H groups in total. The molecule has 1 amide bonds. The Morgan fingerprint density at radius 2 is 2.12 bits per heavy atom. The average molecular weight is 225 g/mol. The lowest BCUT2D eigenvalue weighted by molar-refractivity contribution is 0.0918. The van der Waals surface area contributed by atoms with Gasteiger partial charge in [0.15, 0.2) is 5.89 Å². The Bertz CT molecular complexity index is 360. The number of aryl methyl sites for hydroxylation is 2. The van der Waals surface area contributed by atoms with Crippen LogP contribution in [-0.4, -0.2) is 31.0 Å². The number of aromatic nitrogens is 1. The molecule has 0 saturated carbocycles. The van der Waals surface area contributed by atoms with Crippen molar-refractivity contribution in [2.45, 2.75) is 20.8 Å². The molecule has 0 aromatic carbocycles. The summed E-state index contributed by atoms with van der Waals surface area (Å²) in [6.07, 6.45) is 0. The van der Waals surface area contributed by atoms with E-state index in [1.165, 1.54) is 0 Å². The molecule has 90 valence electrons. The Kier molecular flexibility index (Phi) is 4.49. The first kappa shape index (κ1) is 12.7. The standard InChI is InChI=1S/C11H19N3O2/c1-7(5-12-4)6-13-11(15)10-8(2)14-9(3)16-10/h7,12H,5-6H2,1-4H3,(H,13,15). The van der Waals surface area contributed by atoms with E-state index in [0.717, 1.165) is 6.54 Å². The zero-order chi connectivity index (χ0) is 12.1. The molecule has 5 nitrogen and oxygen atoms in total. The van der Waals surface area contributed by atoms with Crippen molar-refractivity contribution in [1.82, 2.24) is 15.6 Å². The molecule has 0 fully saturated rings. The van der Waals surface area contributed by atoms with E-state index in [1.54, 1.807) is 13.8 Å². The van der Waals surface area contributed by atoms with Crippen LogP contribution in [0, 0.1) is 19.8 Å². The fourth-order valence-corrected chi connectivity index (χ4v) is 1.51. The van der Waals surface area contributed by atoms with Crippen molar-refractivity contribution in [3.63, 3.8) is 0 Å². The predicted molar refractivity (Wildman–Crippen MR) is 61.4 cm³/mol. The third kappa shape index (κ3) is 3.34. The largest absolute Gasteiger partial charge is 0.436 e. The quantitative estimate of drug-likeness (QED) is 0.780. The summed E-state index contributed by atoms with van der Waals surface area (Å²) in [5.41, 5.74) is 0.635. The highest BCUT2D eigenvalue weighted by Crippen LogP contribution is 2.08. The summed E-state index contributed by atoms with van der Waals surface area (Å²) in [4.78, 5) is 15.8. The van der Waals surface area contributed by atoms with E-state index in [2.05, 4.69) is 22.5 Å². The highest BCUT2D eigenvalue weighted by Gasteiger charge is 2.15. The Morgan fingerprint density at radius 3 is 2.62 bits per heavy atom. The molecular weight excluding hydrogens is 206 g/mol. The maximum atomic E-state index is 11.7. The van der Waals surface area contributed by atoms with Gasteiger partial charge in [-0.15, -0.1) is 0 Å². The predicted octanol–water partition coefficient (Wildman–Crippen LogP) is 0.877. The van der Waals surface area contributed by atoms with Crippen molar-refractivity contribution in [2.75, 3.05) is 20.1 Å². The molecule has 0 aliphatic carbocycles. The topological polar surface area (TPSA) is 67.2 Å². The summed E-state index contributed by atoms with van der Waals surface area (Å²) in [6.45, 7) is 7.05. The van der Waals surface area contributed by atoms with Crippen LogP contribution >= 0.6 is 0 Å². The van der Waals surface area contributed by atoms with Crippen molar-refractivity contribution in [2.24, 2.45) is 5.92 Å². The highest BCUT2D eigenvalue weighted by molar-refractivity contribution is 5.92. The van der Waals surface area contributed by atoms with Crippen molar-refractivity contribution in [3.05, 3.63) is 17.3 Å². The van der Waals surface area contributed by atoms with E-state index in [1.807, 2.05) is 7.05 Å². The van der Waals surface area contributed by atoms with Crippen molar-refractivity contribution in [1.29, 1.82) is 0 Å². The molecule has 0 aliphatic heterocycles. The van der Waals surface area contributed by atoms with Gasteiger partial charge in [0, 0.05) is 13.5 Å². The fraction of sp³-hybridized carbons (Fsp3) is 0.636. The number of nitrogens with zero attached hydrogens (tertiary/aromatic N) is 1. The molecule has 0 aliphatic rings. The first-order valence-corrected chi connectivity index (χ1v) is 5.41. The summed E-state index contributed by atoms with van der Waals surface area (Å²) in [6, 6.07) is 0. The molecule has 0 saturated heterocycles. The van der Waals surface area contributed by atoms with Crippen molar-refractivity contribution < 1.29 is 9.21 Å². The lowest BCUT2D eigenvalue weighted by atomic mass is 10.2. The SMILES string of the molecule is CNCC(C)CNC(=O)c1oc(C)nc1C. The summed E-state index contributed by atoms with van der Waals surface area (Å²) in [5.74, 6) is 1.03. The van der Waals surface area contributed by atoms with Crippen LogP contribution in [0.25, 0.3) is 0 Å². The Labute approximate surface area is 95.6 Å². The third-order valence-corrected chi connectivity index (χ3v) is 2.27. The second kappa shape index (κ2) is 5.65. The van der Waals surface area contributed by atoms with Gasteiger partial charge in [-0.25, -0.2) is 4.98 Å². The van der Waals surface area contributed by atoms with Gasteiger partial charge in [0.25, 0.3) is 5.91 Å². The van der Waals surface area contributed by atoms with Gasteiger partial charge in [0.1, 0.15) is 0 Å². The van der Waals surface area contributed by atoms with Crippen LogP contribution < -0.4 is 10.6 Å². The number of oxazole rings is 1. The van der Waals surface area contributed by atoms with Gasteiger partial charge in [-0.2, -0.15) is 0 Å². The number of hydrogen-bond donors (Lipinski definition) is 2. The minimum Gasteiger partial charge on any atom is -0.436 e. The Hall–Kier alpha value is -1.36. The van der Waals surface area contributed by atoms with Crippen molar-refractivity contribution >= 4 is 5.91 Å². The molecule has 0 bridgehead atoms. The average Bonchev–Trinajstić information content (AvgIpc) is 2.55. The zero-order valence-electron chi connectivity index (χ0n) is 10.3. The smallest absolute Gasteiger partial charge is 0.289 e. The van der Waals surface area contributed by atoms with Gasteiger partial charge in [-0.3, -0.25) is 4.79 Å². The maximum absolute atomic E-state index is 11.7. The number of carbonyl (C=O) groups is 1. The molecule has 0 spiro atoms. The summed E-state index contributed by atoms with van der Waals surface area (Å²) in [7, 11) is 1.89. The molecule has 1 aromatic heterocycles. The van der Waals surface area contributed by atoms with E-state index < -0.39 is 0 Å². The van der Waals surface area contributed by atoms with Crippen LogP contribution in [0.4, 0.5) is 0 Å². The first-order valence-electron chi connectivity index (χ1n) is 5.41. The lowest BCUT2D eigenvalue weighted by Crippen LogP contribution is -2.32. The summed E-state index contributed by atoms with van der Waals surface area (Å²) >= 11 is 0. The minimum atomic E-state index is -0.193. The van der Waals surface area contributed by atoms with Gasteiger partial charge < -0.3 is 15.1 Å². The van der Waals surface area contributed by atoms with Crippen LogP contribution in [0.5, 0.6) is 0 Å². The van der Waals surface area contributed by atoms with Crippen LogP contribution in [-0.2, 0) is 0 Å². The lowest BCUT2D eigenvalue weighted by Gasteiger charge is -2.10. The second-order valence-electron chi connectivity index (χ2n) is 4.02. The Balaban J connectivity index is 2.50. The number of rotatable bonds is 5. The van der Waals surface area contributed by atoms with Crippen LogP contribution in [0.1, 0.15) is 29.1 Å². The number of hydrogen-bond acceptors (Lipinski definition) is 4. The third-order valence-electron chi connectivity index (χ3n) is 2.27. The van der Waals surface area contributed by atoms with Gasteiger partial charge >= 0.3 is 0 Å². The molecule has 1 heterocycles. The Morgan fingerprint density at radius 1 is 1.44 bits per heavy atom. The molecule has 16 heavy (non-hydrogen) atoms. The van der Waals surface area contributed by atoms with Crippen molar-refractivity contribution in [3.8, 4) is 0 Å². The minimum absolute atomic E-state index is 0.193. The number of carbonyl (C=O) groups excluding carboxylic acids is 1. The molecule has 1 unspecified atom stereocenters. The normalized spacial score (nSPS) is 12.5. The van der Waals surface area contributed by atoms with Gasteiger partial charge in [-0.05, 0) is 26.4 Å². The second-order valence-corrected chi connectivity index (χ2v) is 4.02. The first-order chi connectivity index (χ1) is 7.54. The molecule has 5 heteroatoms. The molecule has 1 rings (SSSR count). The summed E-state index contributed by atoms with van der Waals surface area (Å²) in [5, 5.41) is 5.88. The zero-order valence-corrected chi connectivity index (χ0v) is 10.3. The van der Waals surface area contributed by atoms with Gasteiger partial charge in [0.05, 0.1) is 5.69 Å². The van der Waals surface area contributed by atoms with E-state index in [-0.39, 0.29) is 5.91 Å².